The van der Waals surface area contributed by atoms with Crippen LogP contribution in [0.4, 0.5) is 0 Å². The molecule has 17 heavy (non-hydrogen) atoms. The summed E-state index contributed by atoms with van der Waals surface area (Å²) in [6.45, 7) is 3.01. The van der Waals surface area contributed by atoms with Gasteiger partial charge in [-0.15, -0.1) is 0 Å². The van der Waals surface area contributed by atoms with Gasteiger partial charge in [-0.25, -0.2) is 0 Å². The third kappa shape index (κ3) is 3.68. The molecule has 1 saturated heterocycles. The van der Waals surface area contributed by atoms with Gasteiger partial charge in [0.1, 0.15) is 0 Å². The van der Waals surface area contributed by atoms with Crippen molar-refractivity contribution in [3.63, 3.8) is 0 Å². The SMILES string of the molecule is CC1CC(NC2CCC(C(N)=O)CC2)CCO1. The number of carbonyl (C=O) groups excluding carboxylic acids is 1. The third-order valence-electron chi connectivity index (χ3n) is 4.09. The Morgan fingerprint density at radius 3 is 2.47 bits per heavy atom. The van der Waals surface area contributed by atoms with Crippen molar-refractivity contribution in [3.05, 3.63) is 0 Å². The van der Waals surface area contributed by atoms with Crippen LogP contribution in [0.5, 0.6) is 0 Å². The zero-order valence-electron chi connectivity index (χ0n) is 10.7. The van der Waals surface area contributed by atoms with E-state index in [1.54, 1.807) is 0 Å². The Kier molecular flexibility index (Phi) is 4.40. The molecule has 0 radical (unpaired) electrons. The van der Waals surface area contributed by atoms with Crippen LogP contribution in [0.15, 0.2) is 0 Å². The molecule has 2 fully saturated rings. The van der Waals surface area contributed by atoms with E-state index in [0.717, 1.165) is 45.1 Å². The number of amides is 1. The van der Waals surface area contributed by atoms with Crippen LogP contribution in [-0.2, 0) is 9.53 Å². The molecule has 0 aromatic carbocycles. The predicted molar refractivity (Wildman–Crippen MR) is 66.5 cm³/mol. The highest BCUT2D eigenvalue weighted by Crippen LogP contribution is 2.25. The van der Waals surface area contributed by atoms with Gasteiger partial charge in [0.2, 0.25) is 5.91 Å². The number of hydrogen-bond donors (Lipinski definition) is 2. The van der Waals surface area contributed by atoms with Crippen molar-refractivity contribution < 1.29 is 9.53 Å². The molecule has 2 aliphatic rings. The van der Waals surface area contributed by atoms with Crippen LogP contribution in [0.2, 0.25) is 0 Å². The molecule has 0 spiro atoms. The maximum absolute atomic E-state index is 11.1. The first-order valence-electron chi connectivity index (χ1n) is 6.82. The van der Waals surface area contributed by atoms with Crippen LogP contribution in [-0.4, -0.2) is 30.7 Å². The molecule has 1 amide bonds. The number of carbonyl (C=O) groups is 1. The standard InChI is InChI=1S/C13H24N2O2/c1-9-8-12(6-7-17-9)15-11-4-2-10(3-5-11)13(14)16/h9-12,15H,2-8H2,1H3,(H2,14,16). The predicted octanol–water partition coefficient (Wildman–Crippen LogP) is 1.19. The Morgan fingerprint density at radius 2 is 1.88 bits per heavy atom. The molecule has 1 aliphatic heterocycles. The zero-order valence-corrected chi connectivity index (χ0v) is 10.7. The van der Waals surface area contributed by atoms with Crippen LogP contribution in [0.25, 0.3) is 0 Å². The van der Waals surface area contributed by atoms with E-state index in [-0.39, 0.29) is 11.8 Å². The first kappa shape index (κ1) is 12.8. The van der Waals surface area contributed by atoms with Gasteiger partial charge in [0, 0.05) is 24.6 Å². The van der Waals surface area contributed by atoms with Crippen molar-refractivity contribution in [2.24, 2.45) is 11.7 Å². The molecular formula is C13H24N2O2. The molecule has 1 saturated carbocycles. The summed E-state index contributed by atoms with van der Waals surface area (Å²) in [6, 6.07) is 1.16. The fourth-order valence-electron chi connectivity index (χ4n) is 3.03. The lowest BCUT2D eigenvalue weighted by atomic mass is 9.85. The lowest BCUT2D eigenvalue weighted by molar-refractivity contribution is -0.122. The summed E-state index contributed by atoms with van der Waals surface area (Å²) in [5, 5.41) is 3.72. The largest absolute Gasteiger partial charge is 0.378 e. The average molecular weight is 240 g/mol. The third-order valence-corrected chi connectivity index (χ3v) is 4.09. The first-order valence-corrected chi connectivity index (χ1v) is 6.82. The highest BCUT2D eigenvalue weighted by molar-refractivity contribution is 5.76. The monoisotopic (exact) mass is 240 g/mol. The van der Waals surface area contributed by atoms with Crippen molar-refractivity contribution in [3.8, 4) is 0 Å². The highest BCUT2D eigenvalue weighted by Gasteiger charge is 2.27. The number of nitrogens with two attached hydrogens (primary N) is 1. The van der Waals surface area contributed by atoms with E-state index < -0.39 is 0 Å². The summed E-state index contributed by atoms with van der Waals surface area (Å²) in [4.78, 5) is 11.1. The smallest absolute Gasteiger partial charge is 0.220 e. The molecule has 1 heterocycles. The molecule has 3 N–H and O–H groups in total. The van der Waals surface area contributed by atoms with E-state index in [2.05, 4.69) is 12.2 Å². The lowest BCUT2D eigenvalue weighted by Crippen LogP contribution is -2.45. The molecule has 4 heteroatoms. The van der Waals surface area contributed by atoms with E-state index in [4.69, 9.17) is 10.5 Å². The van der Waals surface area contributed by atoms with E-state index in [0.29, 0.717) is 18.2 Å². The fourth-order valence-corrected chi connectivity index (χ4v) is 3.03. The van der Waals surface area contributed by atoms with Crippen molar-refractivity contribution >= 4 is 5.91 Å². The molecule has 1 aliphatic carbocycles. The van der Waals surface area contributed by atoms with Gasteiger partial charge in [0.15, 0.2) is 0 Å². The van der Waals surface area contributed by atoms with E-state index in [9.17, 15) is 4.79 Å². The van der Waals surface area contributed by atoms with E-state index in [1.165, 1.54) is 0 Å². The maximum atomic E-state index is 11.1. The van der Waals surface area contributed by atoms with Crippen molar-refractivity contribution in [1.82, 2.24) is 5.32 Å². The average Bonchev–Trinajstić information content (AvgIpc) is 2.29. The minimum absolute atomic E-state index is 0.113. The lowest BCUT2D eigenvalue weighted by Gasteiger charge is -2.34. The number of primary amides is 1. The molecule has 98 valence electrons. The van der Waals surface area contributed by atoms with Crippen molar-refractivity contribution in [2.75, 3.05) is 6.61 Å². The van der Waals surface area contributed by atoms with Gasteiger partial charge in [-0.1, -0.05) is 0 Å². The summed E-state index contributed by atoms with van der Waals surface area (Å²) < 4.78 is 5.54. The van der Waals surface area contributed by atoms with Gasteiger partial charge in [-0.2, -0.15) is 0 Å². The minimum Gasteiger partial charge on any atom is -0.378 e. The number of hydrogen-bond acceptors (Lipinski definition) is 3. The molecular weight excluding hydrogens is 216 g/mol. The van der Waals surface area contributed by atoms with Crippen LogP contribution in [0.1, 0.15) is 45.4 Å². The van der Waals surface area contributed by atoms with E-state index >= 15 is 0 Å². The Labute approximate surface area is 103 Å². The topological polar surface area (TPSA) is 64.3 Å². The summed E-state index contributed by atoms with van der Waals surface area (Å²) in [7, 11) is 0. The van der Waals surface area contributed by atoms with Gasteiger partial charge in [-0.3, -0.25) is 4.79 Å². The maximum Gasteiger partial charge on any atom is 0.220 e. The second kappa shape index (κ2) is 5.83. The van der Waals surface area contributed by atoms with Crippen molar-refractivity contribution in [2.45, 2.75) is 63.6 Å². The Bertz CT molecular complexity index is 262. The first-order chi connectivity index (χ1) is 8.15. The minimum atomic E-state index is -0.122. The summed E-state index contributed by atoms with van der Waals surface area (Å²) in [6.07, 6.45) is 6.66. The molecule has 0 aromatic rings. The van der Waals surface area contributed by atoms with Gasteiger partial charge >= 0.3 is 0 Å². The van der Waals surface area contributed by atoms with Crippen LogP contribution in [0.3, 0.4) is 0 Å². The summed E-state index contributed by atoms with van der Waals surface area (Å²) in [5.74, 6) is -0.00944. The Morgan fingerprint density at radius 1 is 1.18 bits per heavy atom. The summed E-state index contributed by atoms with van der Waals surface area (Å²) >= 11 is 0. The van der Waals surface area contributed by atoms with Crippen molar-refractivity contribution in [1.29, 1.82) is 0 Å². The molecule has 0 bridgehead atoms. The van der Waals surface area contributed by atoms with Gasteiger partial charge < -0.3 is 15.8 Å². The Hall–Kier alpha value is -0.610. The highest BCUT2D eigenvalue weighted by atomic mass is 16.5. The van der Waals surface area contributed by atoms with Gasteiger partial charge in [-0.05, 0) is 45.4 Å². The number of rotatable bonds is 3. The molecule has 4 nitrogen and oxygen atoms in total. The zero-order chi connectivity index (χ0) is 12.3. The number of ether oxygens (including phenoxy) is 1. The normalized spacial score (nSPS) is 38.9. The Balaban J connectivity index is 1.72. The molecule has 2 unspecified atom stereocenters. The van der Waals surface area contributed by atoms with Crippen LogP contribution < -0.4 is 11.1 Å². The second-order valence-electron chi connectivity index (χ2n) is 5.52. The molecule has 2 rings (SSSR count). The molecule has 2 atom stereocenters. The van der Waals surface area contributed by atoms with Crippen LogP contribution >= 0.6 is 0 Å². The van der Waals surface area contributed by atoms with E-state index in [1.807, 2.05) is 0 Å². The fraction of sp³-hybridized carbons (Fsp3) is 0.923. The second-order valence-corrected chi connectivity index (χ2v) is 5.52. The van der Waals surface area contributed by atoms with Crippen LogP contribution in [0, 0.1) is 5.92 Å². The number of nitrogens with one attached hydrogen (secondary N) is 1. The van der Waals surface area contributed by atoms with Gasteiger partial charge in [0.25, 0.3) is 0 Å². The molecule has 0 aromatic heterocycles. The quantitative estimate of drug-likeness (QED) is 0.779. The van der Waals surface area contributed by atoms with Gasteiger partial charge in [0.05, 0.1) is 6.10 Å². The summed E-state index contributed by atoms with van der Waals surface area (Å²) in [5.41, 5.74) is 5.34.